The molecule has 2 aromatic heterocycles. The minimum absolute atomic E-state index is 0.157. The maximum Gasteiger partial charge on any atom is 0.297 e. The summed E-state index contributed by atoms with van der Waals surface area (Å²) in [6, 6.07) is 20.0. The van der Waals surface area contributed by atoms with E-state index in [2.05, 4.69) is 4.98 Å². The number of para-hydroxylation sites is 1. The summed E-state index contributed by atoms with van der Waals surface area (Å²) in [6.07, 6.45) is 5.37. The molecule has 0 bridgehead atoms. The van der Waals surface area contributed by atoms with E-state index >= 15 is 0 Å². The van der Waals surface area contributed by atoms with E-state index in [-0.39, 0.29) is 4.90 Å². The number of hydrogen-bond donors (Lipinski definition) is 0. The quantitative estimate of drug-likeness (QED) is 0.439. The predicted molar refractivity (Wildman–Crippen MR) is 109 cm³/mol. The van der Waals surface area contributed by atoms with E-state index in [1.807, 2.05) is 54.1 Å². The van der Waals surface area contributed by atoms with E-state index in [0.29, 0.717) is 6.42 Å². The van der Waals surface area contributed by atoms with Crippen molar-refractivity contribution in [1.82, 2.24) is 9.55 Å². The van der Waals surface area contributed by atoms with Gasteiger partial charge in [0.2, 0.25) is 0 Å². The molecule has 0 amide bonds. The van der Waals surface area contributed by atoms with Crippen LogP contribution in [0.2, 0.25) is 0 Å². The molecule has 0 saturated heterocycles. The minimum atomic E-state index is -3.87. The standard InChI is InChI=1S/C22H20N2O3S/c1-2-22(27-28(25,26)18-10-4-3-5-11-18)20-16-24(17-9-8-14-23-15-17)21-13-7-6-12-19(20)21/h3-16,22H,2H2,1H3. The molecule has 0 saturated carbocycles. The van der Waals surface area contributed by atoms with Gasteiger partial charge in [0, 0.05) is 23.3 Å². The van der Waals surface area contributed by atoms with Gasteiger partial charge in [0.05, 0.1) is 22.3 Å². The largest absolute Gasteiger partial charge is 0.315 e. The topological polar surface area (TPSA) is 61.2 Å². The van der Waals surface area contributed by atoms with Crippen LogP contribution in [0.1, 0.15) is 25.0 Å². The van der Waals surface area contributed by atoms with Crippen LogP contribution in [0.4, 0.5) is 0 Å². The lowest BCUT2D eigenvalue weighted by atomic mass is 10.1. The Morgan fingerprint density at radius 1 is 1.00 bits per heavy atom. The van der Waals surface area contributed by atoms with E-state index in [0.717, 1.165) is 22.2 Å². The Bertz CT molecular complexity index is 1190. The van der Waals surface area contributed by atoms with Crippen molar-refractivity contribution in [2.75, 3.05) is 0 Å². The zero-order chi connectivity index (χ0) is 19.6. The molecule has 0 aliphatic carbocycles. The molecule has 142 valence electrons. The highest BCUT2D eigenvalue weighted by Crippen LogP contribution is 2.34. The molecule has 0 N–H and O–H groups in total. The normalized spacial score (nSPS) is 12.9. The number of pyridine rings is 1. The molecule has 1 atom stereocenters. The van der Waals surface area contributed by atoms with Gasteiger partial charge in [0.25, 0.3) is 10.1 Å². The molecule has 4 rings (SSSR count). The fourth-order valence-electron chi connectivity index (χ4n) is 3.31. The molecule has 0 spiro atoms. The molecule has 0 aliphatic rings. The van der Waals surface area contributed by atoms with Gasteiger partial charge >= 0.3 is 0 Å². The van der Waals surface area contributed by atoms with E-state index < -0.39 is 16.2 Å². The molecule has 6 heteroatoms. The molecular weight excluding hydrogens is 372 g/mol. The van der Waals surface area contributed by atoms with Crippen LogP contribution >= 0.6 is 0 Å². The number of nitrogens with zero attached hydrogens (tertiary/aromatic N) is 2. The Hall–Kier alpha value is -2.96. The average Bonchev–Trinajstić information content (AvgIpc) is 3.13. The second kappa shape index (κ2) is 7.58. The highest BCUT2D eigenvalue weighted by Gasteiger charge is 2.25. The molecule has 2 heterocycles. The molecule has 0 aliphatic heterocycles. The monoisotopic (exact) mass is 392 g/mol. The zero-order valence-electron chi connectivity index (χ0n) is 15.4. The second-order valence-corrected chi connectivity index (χ2v) is 8.02. The van der Waals surface area contributed by atoms with Gasteiger partial charge in [0.1, 0.15) is 6.10 Å². The van der Waals surface area contributed by atoms with Gasteiger partial charge in [-0.15, -0.1) is 0 Å². The third-order valence-electron chi connectivity index (χ3n) is 4.66. The van der Waals surface area contributed by atoms with Crippen LogP contribution in [0.15, 0.2) is 90.2 Å². The summed E-state index contributed by atoms with van der Waals surface area (Å²) in [7, 11) is -3.87. The summed E-state index contributed by atoms with van der Waals surface area (Å²) in [6.45, 7) is 1.92. The van der Waals surface area contributed by atoms with Gasteiger partial charge < -0.3 is 4.57 Å². The van der Waals surface area contributed by atoms with Gasteiger partial charge in [-0.25, -0.2) is 0 Å². The zero-order valence-corrected chi connectivity index (χ0v) is 16.2. The Morgan fingerprint density at radius 3 is 2.46 bits per heavy atom. The maximum atomic E-state index is 12.7. The first kappa shape index (κ1) is 18.4. The first-order valence-corrected chi connectivity index (χ1v) is 10.5. The SMILES string of the molecule is CCC(OS(=O)(=O)c1ccccc1)c1cn(-c2cccnc2)c2ccccc12. The first-order valence-electron chi connectivity index (χ1n) is 9.09. The second-order valence-electron chi connectivity index (χ2n) is 6.44. The van der Waals surface area contributed by atoms with Gasteiger partial charge in [-0.3, -0.25) is 9.17 Å². The van der Waals surface area contributed by atoms with Crippen LogP contribution in [-0.4, -0.2) is 18.0 Å². The summed E-state index contributed by atoms with van der Waals surface area (Å²) < 4.78 is 33.2. The molecule has 1 unspecified atom stereocenters. The van der Waals surface area contributed by atoms with Crippen LogP contribution in [0.25, 0.3) is 16.6 Å². The third kappa shape index (κ3) is 3.44. The Morgan fingerprint density at radius 2 is 1.75 bits per heavy atom. The summed E-state index contributed by atoms with van der Waals surface area (Å²) in [5.41, 5.74) is 2.72. The molecule has 0 fully saturated rings. The first-order chi connectivity index (χ1) is 13.6. The van der Waals surface area contributed by atoms with Crippen LogP contribution < -0.4 is 0 Å². The van der Waals surface area contributed by atoms with Crippen molar-refractivity contribution in [3.8, 4) is 5.69 Å². The third-order valence-corrected chi connectivity index (χ3v) is 5.99. The van der Waals surface area contributed by atoms with Gasteiger partial charge in [-0.2, -0.15) is 8.42 Å². The Labute approximate surface area is 164 Å². The van der Waals surface area contributed by atoms with Crippen molar-refractivity contribution in [2.24, 2.45) is 0 Å². The maximum absolute atomic E-state index is 12.7. The number of rotatable bonds is 6. The molecule has 4 aromatic rings. The van der Waals surface area contributed by atoms with E-state index in [4.69, 9.17) is 4.18 Å². The van der Waals surface area contributed by atoms with Gasteiger partial charge in [-0.05, 0) is 36.8 Å². The van der Waals surface area contributed by atoms with Gasteiger partial charge in [-0.1, -0.05) is 43.3 Å². The Balaban J connectivity index is 1.79. The van der Waals surface area contributed by atoms with Crippen LogP contribution in [0.5, 0.6) is 0 Å². The summed E-state index contributed by atoms with van der Waals surface area (Å²) in [5.74, 6) is 0. The average molecular weight is 392 g/mol. The lowest BCUT2D eigenvalue weighted by Crippen LogP contribution is -2.11. The van der Waals surface area contributed by atoms with E-state index in [1.165, 1.54) is 0 Å². The molecule has 0 radical (unpaired) electrons. The van der Waals surface area contributed by atoms with Crippen molar-refractivity contribution >= 4 is 21.0 Å². The lowest BCUT2D eigenvalue weighted by Gasteiger charge is -2.15. The van der Waals surface area contributed by atoms with Crippen LogP contribution in [0, 0.1) is 0 Å². The van der Waals surface area contributed by atoms with Crippen molar-refractivity contribution in [2.45, 2.75) is 24.3 Å². The van der Waals surface area contributed by atoms with Crippen molar-refractivity contribution in [1.29, 1.82) is 0 Å². The summed E-state index contributed by atoms with van der Waals surface area (Å²) >= 11 is 0. The van der Waals surface area contributed by atoms with Crippen LogP contribution in [-0.2, 0) is 14.3 Å². The molecule has 2 aromatic carbocycles. The van der Waals surface area contributed by atoms with E-state index in [1.54, 1.807) is 42.7 Å². The number of aromatic nitrogens is 2. The number of hydrogen-bond acceptors (Lipinski definition) is 4. The summed E-state index contributed by atoms with van der Waals surface area (Å²) in [4.78, 5) is 4.35. The molecule has 5 nitrogen and oxygen atoms in total. The van der Waals surface area contributed by atoms with E-state index in [9.17, 15) is 8.42 Å². The highest BCUT2D eigenvalue weighted by molar-refractivity contribution is 7.86. The fraction of sp³-hybridized carbons (Fsp3) is 0.136. The predicted octanol–water partition coefficient (Wildman–Crippen LogP) is 4.88. The molecule has 28 heavy (non-hydrogen) atoms. The Kier molecular flexibility index (Phi) is 4.98. The fourth-order valence-corrected chi connectivity index (χ4v) is 4.46. The molecular formula is C22H20N2O3S. The summed E-state index contributed by atoms with van der Waals surface area (Å²) in [5, 5.41) is 0.960. The lowest BCUT2D eigenvalue weighted by molar-refractivity contribution is 0.210. The number of benzene rings is 2. The van der Waals surface area contributed by atoms with Gasteiger partial charge in [0.15, 0.2) is 0 Å². The van der Waals surface area contributed by atoms with Crippen LogP contribution in [0.3, 0.4) is 0 Å². The number of fused-ring (bicyclic) bond motifs is 1. The highest BCUT2D eigenvalue weighted by atomic mass is 32.2. The van der Waals surface area contributed by atoms with Crippen molar-refractivity contribution in [3.63, 3.8) is 0 Å². The smallest absolute Gasteiger partial charge is 0.297 e. The minimum Gasteiger partial charge on any atom is -0.315 e. The van der Waals surface area contributed by atoms with Crippen molar-refractivity contribution < 1.29 is 12.6 Å². The van der Waals surface area contributed by atoms with Crippen molar-refractivity contribution in [3.05, 3.63) is 90.9 Å².